The summed E-state index contributed by atoms with van der Waals surface area (Å²) in [5.41, 5.74) is 3.81. The first kappa shape index (κ1) is 13.4. The van der Waals surface area contributed by atoms with Crippen LogP contribution in [0.4, 0.5) is 5.69 Å². The lowest BCUT2D eigenvalue weighted by Gasteiger charge is -2.16. The van der Waals surface area contributed by atoms with Crippen molar-refractivity contribution in [2.24, 2.45) is 0 Å². The highest BCUT2D eigenvalue weighted by molar-refractivity contribution is 5.96. The Morgan fingerprint density at radius 1 is 1.14 bits per heavy atom. The van der Waals surface area contributed by atoms with Gasteiger partial charge < -0.3 is 9.32 Å². The van der Waals surface area contributed by atoms with Crippen molar-refractivity contribution >= 4 is 22.6 Å². The van der Waals surface area contributed by atoms with Crippen LogP contribution in [0.15, 0.2) is 59.2 Å². The number of amides is 1. The molecule has 0 spiro atoms. The fourth-order valence-corrected chi connectivity index (χ4v) is 2.40. The van der Waals surface area contributed by atoms with E-state index >= 15 is 0 Å². The van der Waals surface area contributed by atoms with Gasteiger partial charge in [-0.15, -0.1) is 0 Å². The Hall–Kier alpha value is -2.55. The monoisotopic (exact) mass is 279 g/mol. The van der Waals surface area contributed by atoms with Crippen molar-refractivity contribution < 1.29 is 9.21 Å². The maximum atomic E-state index is 12.4. The number of anilines is 1. The molecule has 0 aliphatic rings. The lowest BCUT2D eigenvalue weighted by molar-refractivity contribution is -0.117. The molecular formula is C18H17NO2. The number of rotatable bonds is 3. The minimum atomic E-state index is 0.0458. The van der Waals surface area contributed by atoms with E-state index in [4.69, 9.17) is 4.42 Å². The van der Waals surface area contributed by atoms with Crippen LogP contribution in [-0.2, 0) is 11.2 Å². The van der Waals surface area contributed by atoms with Crippen LogP contribution in [0.25, 0.3) is 11.0 Å². The number of fused-ring (bicyclic) bond motifs is 1. The van der Waals surface area contributed by atoms with Gasteiger partial charge in [0.15, 0.2) is 0 Å². The van der Waals surface area contributed by atoms with Gasteiger partial charge in [-0.2, -0.15) is 0 Å². The molecule has 21 heavy (non-hydrogen) atoms. The topological polar surface area (TPSA) is 33.5 Å². The van der Waals surface area contributed by atoms with Gasteiger partial charge in [0, 0.05) is 23.7 Å². The van der Waals surface area contributed by atoms with E-state index in [1.165, 1.54) is 0 Å². The number of hydrogen-bond donors (Lipinski definition) is 0. The highest BCUT2D eigenvalue weighted by Crippen LogP contribution is 2.23. The fourth-order valence-electron chi connectivity index (χ4n) is 2.40. The van der Waals surface area contributed by atoms with Crippen LogP contribution in [0, 0.1) is 6.92 Å². The standard InChI is InChI=1S/C18H17NO2/c1-13-8-9-16-14(12-21-17(16)10-13)11-18(20)19(2)15-6-4-3-5-7-15/h3-10,12H,11H2,1-2H3. The molecule has 0 saturated heterocycles. The Labute approximate surface area is 123 Å². The molecule has 106 valence electrons. The van der Waals surface area contributed by atoms with E-state index in [2.05, 4.69) is 0 Å². The maximum absolute atomic E-state index is 12.4. The first-order valence-corrected chi connectivity index (χ1v) is 6.93. The molecule has 3 heteroatoms. The molecule has 0 aliphatic heterocycles. The van der Waals surface area contributed by atoms with Gasteiger partial charge in [0.05, 0.1) is 12.7 Å². The average molecular weight is 279 g/mol. The van der Waals surface area contributed by atoms with Gasteiger partial charge in [0.25, 0.3) is 0 Å². The van der Waals surface area contributed by atoms with E-state index in [9.17, 15) is 4.79 Å². The summed E-state index contributed by atoms with van der Waals surface area (Å²) in [5, 5.41) is 1.01. The Balaban J connectivity index is 1.83. The summed E-state index contributed by atoms with van der Waals surface area (Å²) >= 11 is 0. The number of carbonyl (C=O) groups excluding carboxylic acids is 1. The number of para-hydroxylation sites is 1. The van der Waals surface area contributed by atoms with E-state index in [1.54, 1.807) is 18.2 Å². The van der Waals surface area contributed by atoms with Crippen LogP contribution in [0.1, 0.15) is 11.1 Å². The van der Waals surface area contributed by atoms with Crippen molar-refractivity contribution in [3.8, 4) is 0 Å². The molecule has 3 nitrogen and oxygen atoms in total. The van der Waals surface area contributed by atoms with Crippen molar-refractivity contribution in [3.05, 3.63) is 65.9 Å². The van der Waals surface area contributed by atoms with E-state index < -0.39 is 0 Å². The second-order valence-corrected chi connectivity index (χ2v) is 5.23. The summed E-state index contributed by atoms with van der Waals surface area (Å²) in [7, 11) is 1.80. The smallest absolute Gasteiger partial charge is 0.231 e. The SMILES string of the molecule is Cc1ccc2c(CC(=O)N(C)c3ccccc3)coc2c1. The summed E-state index contributed by atoms with van der Waals surface area (Å²) in [4.78, 5) is 14.1. The van der Waals surface area contributed by atoms with Gasteiger partial charge in [-0.1, -0.05) is 30.3 Å². The lowest BCUT2D eigenvalue weighted by atomic mass is 10.1. The second kappa shape index (κ2) is 5.44. The van der Waals surface area contributed by atoms with Crippen LogP contribution in [0.2, 0.25) is 0 Å². The van der Waals surface area contributed by atoms with E-state index in [1.807, 2.05) is 55.5 Å². The predicted octanol–water partition coefficient (Wildman–Crippen LogP) is 3.95. The Kier molecular flexibility index (Phi) is 3.48. The third-order valence-electron chi connectivity index (χ3n) is 3.67. The van der Waals surface area contributed by atoms with Crippen LogP contribution in [0.5, 0.6) is 0 Å². The van der Waals surface area contributed by atoms with E-state index in [0.29, 0.717) is 6.42 Å². The lowest BCUT2D eigenvalue weighted by Crippen LogP contribution is -2.27. The zero-order chi connectivity index (χ0) is 14.8. The molecule has 3 rings (SSSR count). The Bertz CT molecular complexity index is 774. The van der Waals surface area contributed by atoms with E-state index in [0.717, 1.165) is 27.8 Å². The number of aryl methyl sites for hydroxylation is 1. The van der Waals surface area contributed by atoms with Crippen LogP contribution in [0.3, 0.4) is 0 Å². The largest absolute Gasteiger partial charge is 0.464 e. The first-order valence-electron chi connectivity index (χ1n) is 6.93. The van der Waals surface area contributed by atoms with E-state index in [-0.39, 0.29) is 5.91 Å². The van der Waals surface area contributed by atoms with Crippen molar-refractivity contribution in [3.63, 3.8) is 0 Å². The number of benzene rings is 2. The molecule has 0 N–H and O–H groups in total. The minimum absolute atomic E-state index is 0.0458. The number of furan rings is 1. The van der Waals surface area contributed by atoms with Gasteiger partial charge >= 0.3 is 0 Å². The summed E-state index contributed by atoms with van der Waals surface area (Å²) < 4.78 is 5.55. The Morgan fingerprint density at radius 3 is 2.67 bits per heavy atom. The molecule has 0 atom stereocenters. The molecule has 1 amide bonds. The van der Waals surface area contributed by atoms with Gasteiger partial charge in [-0.3, -0.25) is 4.79 Å². The van der Waals surface area contributed by atoms with Crippen molar-refractivity contribution in [1.82, 2.24) is 0 Å². The molecule has 1 aromatic heterocycles. The van der Waals surface area contributed by atoms with Crippen molar-refractivity contribution in [1.29, 1.82) is 0 Å². The van der Waals surface area contributed by atoms with Gasteiger partial charge in [0.2, 0.25) is 5.91 Å². The number of likely N-dealkylation sites (N-methyl/N-ethyl adjacent to an activating group) is 1. The summed E-state index contributed by atoms with van der Waals surface area (Å²) in [5.74, 6) is 0.0458. The van der Waals surface area contributed by atoms with Crippen molar-refractivity contribution in [2.75, 3.05) is 11.9 Å². The van der Waals surface area contributed by atoms with Crippen LogP contribution in [-0.4, -0.2) is 13.0 Å². The number of carbonyl (C=O) groups is 1. The number of nitrogens with zero attached hydrogens (tertiary/aromatic N) is 1. The summed E-state index contributed by atoms with van der Waals surface area (Å²) in [6.07, 6.45) is 2.02. The molecule has 0 unspecified atom stereocenters. The zero-order valence-electron chi connectivity index (χ0n) is 12.2. The zero-order valence-corrected chi connectivity index (χ0v) is 12.2. The normalized spacial score (nSPS) is 10.8. The predicted molar refractivity (Wildman–Crippen MR) is 84.5 cm³/mol. The second-order valence-electron chi connectivity index (χ2n) is 5.23. The highest BCUT2D eigenvalue weighted by Gasteiger charge is 2.15. The summed E-state index contributed by atoms with van der Waals surface area (Å²) in [6.45, 7) is 2.02. The number of hydrogen-bond acceptors (Lipinski definition) is 2. The molecule has 0 radical (unpaired) electrons. The molecule has 2 aromatic carbocycles. The van der Waals surface area contributed by atoms with Crippen LogP contribution < -0.4 is 4.90 Å². The molecule has 0 bridgehead atoms. The molecule has 3 aromatic rings. The molecule has 0 saturated carbocycles. The Morgan fingerprint density at radius 2 is 1.90 bits per heavy atom. The minimum Gasteiger partial charge on any atom is -0.464 e. The third kappa shape index (κ3) is 2.68. The van der Waals surface area contributed by atoms with Gasteiger partial charge in [-0.05, 0) is 30.7 Å². The maximum Gasteiger partial charge on any atom is 0.231 e. The quantitative estimate of drug-likeness (QED) is 0.727. The molecular weight excluding hydrogens is 262 g/mol. The van der Waals surface area contributed by atoms with Crippen LogP contribution >= 0.6 is 0 Å². The van der Waals surface area contributed by atoms with Crippen molar-refractivity contribution in [2.45, 2.75) is 13.3 Å². The molecule has 1 heterocycles. The van der Waals surface area contributed by atoms with Gasteiger partial charge in [-0.25, -0.2) is 0 Å². The average Bonchev–Trinajstić information content (AvgIpc) is 2.89. The first-order chi connectivity index (χ1) is 10.1. The third-order valence-corrected chi connectivity index (χ3v) is 3.67. The molecule has 0 fully saturated rings. The molecule has 0 aliphatic carbocycles. The summed E-state index contributed by atoms with van der Waals surface area (Å²) in [6, 6.07) is 15.7. The fraction of sp³-hybridized carbons (Fsp3) is 0.167. The van der Waals surface area contributed by atoms with Gasteiger partial charge in [0.1, 0.15) is 5.58 Å². The highest BCUT2D eigenvalue weighted by atomic mass is 16.3.